The highest BCUT2D eigenvalue weighted by Crippen LogP contribution is 2.36. The summed E-state index contributed by atoms with van der Waals surface area (Å²) in [6.07, 6.45) is 1.77. The normalized spacial score (nSPS) is 19.8. The number of fused-ring (bicyclic) bond motifs is 2. The number of likely N-dealkylation sites (tertiary alicyclic amines) is 1. The Morgan fingerprint density at radius 3 is 2.79 bits per heavy atom. The van der Waals surface area contributed by atoms with E-state index in [0.29, 0.717) is 24.0 Å². The first-order valence-electron chi connectivity index (χ1n) is 9.82. The summed E-state index contributed by atoms with van der Waals surface area (Å²) >= 11 is 6.03. The SMILES string of the molecule is O=C1CC(C(=O)N2CCC(c3nc4cc(Cl)ccc4o3)CC2)c2ccccc2N1. The fourth-order valence-corrected chi connectivity index (χ4v) is 4.46. The number of anilines is 1. The maximum atomic E-state index is 13.2. The van der Waals surface area contributed by atoms with E-state index in [1.807, 2.05) is 35.2 Å². The molecule has 1 atom stereocenters. The summed E-state index contributed by atoms with van der Waals surface area (Å²) in [6.45, 7) is 1.26. The summed E-state index contributed by atoms with van der Waals surface area (Å²) in [5, 5.41) is 3.49. The molecular weight excluding hydrogens is 390 g/mol. The van der Waals surface area contributed by atoms with E-state index in [4.69, 9.17) is 16.0 Å². The van der Waals surface area contributed by atoms with Gasteiger partial charge in [0, 0.05) is 36.1 Å². The Bertz CT molecular complexity index is 1100. The second-order valence-corrected chi connectivity index (χ2v) is 8.09. The van der Waals surface area contributed by atoms with Crippen LogP contribution in [0.3, 0.4) is 0 Å². The molecule has 148 valence electrons. The van der Waals surface area contributed by atoms with Crippen LogP contribution in [0.15, 0.2) is 46.9 Å². The number of halogens is 1. The summed E-state index contributed by atoms with van der Waals surface area (Å²) in [7, 11) is 0. The van der Waals surface area contributed by atoms with Gasteiger partial charge in [0.2, 0.25) is 11.8 Å². The van der Waals surface area contributed by atoms with Crippen molar-refractivity contribution in [1.82, 2.24) is 9.88 Å². The molecule has 1 unspecified atom stereocenters. The van der Waals surface area contributed by atoms with Crippen molar-refractivity contribution in [2.45, 2.75) is 31.1 Å². The number of hydrogen-bond acceptors (Lipinski definition) is 4. The number of oxazole rings is 1. The van der Waals surface area contributed by atoms with Crippen LogP contribution < -0.4 is 5.32 Å². The fraction of sp³-hybridized carbons (Fsp3) is 0.318. The molecule has 1 aromatic heterocycles. The van der Waals surface area contributed by atoms with E-state index >= 15 is 0 Å². The molecule has 2 aliphatic heterocycles. The number of amides is 2. The fourth-order valence-electron chi connectivity index (χ4n) is 4.29. The Hall–Kier alpha value is -2.86. The zero-order valence-corrected chi connectivity index (χ0v) is 16.5. The monoisotopic (exact) mass is 409 g/mol. The minimum absolute atomic E-state index is 0.0232. The van der Waals surface area contributed by atoms with Gasteiger partial charge in [-0.3, -0.25) is 9.59 Å². The van der Waals surface area contributed by atoms with E-state index in [2.05, 4.69) is 10.3 Å². The van der Waals surface area contributed by atoms with Crippen molar-refractivity contribution in [2.75, 3.05) is 18.4 Å². The number of benzene rings is 2. The lowest BCUT2D eigenvalue weighted by molar-refractivity contribution is -0.136. The van der Waals surface area contributed by atoms with Crippen molar-refractivity contribution in [3.8, 4) is 0 Å². The molecule has 3 heterocycles. The van der Waals surface area contributed by atoms with Gasteiger partial charge in [0.25, 0.3) is 0 Å². The first-order chi connectivity index (χ1) is 14.1. The third kappa shape index (κ3) is 3.38. The average molecular weight is 410 g/mol. The van der Waals surface area contributed by atoms with Gasteiger partial charge in [-0.25, -0.2) is 4.98 Å². The zero-order valence-electron chi connectivity index (χ0n) is 15.7. The van der Waals surface area contributed by atoms with Crippen LogP contribution in [0.2, 0.25) is 5.02 Å². The number of rotatable bonds is 2. The number of carbonyl (C=O) groups excluding carboxylic acids is 2. The predicted molar refractivity (Wildman–Crippen MR) is 110 cm³/mol. The third-order valence-electron chi connectivity index (χ3n) is 5.82. The second kappa shape index (κ2) is 7.19. The van der Waals surface area contributed by atoms with Gasteiger partial charge < -0.3 is 14.6 Å². The highest BCUT2D eigenvalue weighted by atomic mass is 35.5. The summed E-state index contributed by atoms with van der Waals surface area (Å²) in [6, 6.07) is 13.0. The van der Waals surface area contributed by atoms with Crippen molar-refractivity contribution in [2.24, 2.45) is 0 Å². The molecule has 0 aliphatic carbocycles. The molecule has 0 bridgehead atoms. The molecule has 29 heavy (non-hydrogen) atoms. The molecule has 1 saturated heterocycles. The van der Waals surface area contributed by atoms with E-state index < -0.39 is 5.92 Å². The number of para-hydroxylation sites is 1. The number of nitrogens with zero attached hydrogens (tertiary/aromatic N) is 2. The molecule has 0 saturated carbocycles. The molecular formula is C22H20ClN3O3. The van der Waals surface area contributed by atoms with Crippen LogP contribution in [0.4, 0.5) is 5.69 Å². The number of hydrogen-bond donors (Lipinski definition) is 1. The number of piperidine rings is 1. The van der Waals surface area contributed by atoms with Crippen LogP contribution in [0.5, 0.6) is 0 Å². The molecule has 0 radical (unpaired) electrons. The van der Waals surface area contributed by atoms with Crippen LogP contribution in [0.25, 0.3) is 11.1 Å². The van der Waals surface area contributed by atoms with E-state index in [0.717, 1.165) is 35.2 Å². The Balaban J connectivity index is 1.30. The number of aromatic nitrogens is 1. The van der Waals surface area contributed by atoms with E-state index in [-0.39, 0.29) is 24.2 Å². The van der Waals surface area contributed by atoms with Gasteiger partial charge in [0.05, 0.1) is 5.92 Å². The minimum atomic E-state index is -0.414. The molecule has 2 aliphatic rings. The first kappa shape index (κ1) is 18.2. The molecule has 2 amide bonds. The third-order valence-corrected chi connectivity index (χ3v) is 6.06. The lowest BCUT2D eigenvalue weighted by Crippen LogP contribution is -2.42. The van der Waals surface area contributed by atoms with Gasteiger partial charge in [0.1, 0.15) is 5.52 Å². The summed E-state index contributed by atoms with van der Waals surface area (Å²) in [4.78, 5) is 31.7. The van der Waals surface area contributed by atoms with Gasteiger partial charge in [0.15, 0.2) is 11.5 Å². The average Bonchev–Trinajstić information content (AvgIpc) is 3.16. The standard InChI is InChI=1S/C22H20ClN3O3/c23-14-5-6-19-18(11-14)25-21(29-19)13-7-9-26(10-8-13)22(28)16-12-20(27)24-17-4-2-1-3-15(16)17/h1-6,11,13,16H,7-10,12H2,(H,24,27). The van der Waals surface area contributed by atoms with Gasteiger partial charge in [-0.1, -0.05) is 29.8 Å². The van der Waals surface area contributed by atoms with E-state index in [1.165, 1.54) is 0 Å². The van der Waals surface area contributed by atoms with Crippen LogP contribution in [-0.2, 0) is 9.59 Å². The predicted octanol–water partition coefficient (Wildman–Crippen LogP) is 4.31. The Kier molecular flexibility index (Phi) is 4.51. The molecule has 3 aromatic rings. The van der Waals surface area contributed by atoms with Crippen molar-refractivity contribution in [1.29, 1.82) is 0 Å². The van der Waals surface area contributed by atoms with Gasteiger partial charge in [-0.15, -0.1) is 0 Å². The van der Waals surface area contributed by atoms with E-state index in [1.54, 1.807) is 12.1 Å². The van der Waals surface area contributed by atoms with Crippen LogP contribution in [-0.4, -0.2) is 34.8 Å². The quantitative estimate of drug-likeness (QED) is 0.684. The Morgan fingerprint density at radius 2 is 1.97 bits per heavy atom. The molecule has 7 heteroatoms. The maximum Gasteiger partial charge on any atom is 0.230 e. The van der Waals surface area contributed by atoms with Crippen molar-refractivity contribution in [3.05, 3.63) is 58.9 Å². The highest BCUT2D eigenvalue weighted by molar-refractivity contribution is 6.31. The van der Waals surface area contributed by atoms with Crippen LogP contribution in [0.1, 0.15) is 42.6 Å². The Labute approximate surface area is 172 Å². The highest BCUT2D eigenvalue weighted by Gasteiger charge is 2.35. The topological polar surface area (TPSA) is 75.4 Å². The van der Waals surface area contributed by atoms with Crippen molar-refractivity contribution < 1.29 is 14.0 Å². The second-order valence-electron chi connectivity index (χ2n) is 7.66. The van der Waals surface area contributed by atoms with Crippen molar-refractivity contribution >= 4 is 40.2 Å². The zero-order chi connectivity index (χ0) is 20.0. The number of carbonyl (C=O) groups is 2. The molecule has 1 N–H and O–H groups in total. The molecule has 5 rings (SSSR count). The molecule has 6 nitrogen and oxygen atoms in total. The minimum Gasteiger partial charge on any atom is -0.440 e. The van der Waals surface area contributed by atoms with Gasteiger partial charge in [-0.2, -0.15) is 0 Å². The van der Waals surface area contributed by atoms with Crippen LogP contribution in [0, 0.1) is 0 Å². The summed E-state index contributed by atoms with van der Waals surface area (Å²) in [5.74, 6) is 0.379. The Morgan fingerprint density at radius 1 is 1.17 bits per heavy atom. The lowest BCUT2D eigenvalue weighted by atomic mass is 9.88. The largest absolute Gasteiger partial charge is 0.440 e. The summed E-state index contributed by atoms with van der Waals surface area (Å²) < 4.78 is 5.91. The molecule has 1 fully saturated rings. The number of nitrogens with one attached hydrogen (secondary N) is 1. The van der Waals surface area contributed by atoms with Crippen LogP contribution >= 0.6 is 11.6 Å². The smallest absolute Gasteiger partial charge is 0.230 e. The summed E-state index contributed by atoms with van der Waals surface area (Å²) in [5.41, 5.74) is 3.13. The lowest BCUT2D eigenvalue weighted by Gasteiger charge is -2.34. The van der Waals surface area contributed by atoms with E-state index in [9.17, 15) is 9.59 Å². The molecule has 2 aromatic carbocycles. The van der Waals surface area contributed by atoms with Crippen molar-refractivity contribution in [3.63, 3.8) is 0 Å². The van der Waals surface area contributed by atoms with Gasteiger partial charge >= 0.3 is 0 Å². The maximum absolute atomic E-state index is 13.2. The molecule has 0 spiro atoms. The first-order valence-corrected chi connectivity index (χ1v) is 10.2. The van der Waals surface area contributed by atoms with Gasteiger partial charge in [-0.05, 0) is 42.7 Å².